The first-order chi connectivity index (χ1) is 13.7. The van der Waals surface area contributed by atoms with E-state index >= 15 is 0 Å². The van der Waals surface area contributed by atoms with Crippen LogP contribution in [0.15, 0.2) is 22.5 Å². The molecule has 0 spiro atoms. The summed E-state index contributed by atoms with van der Waals surface area (Å²) in [5.41, 5.74) is 1.14. The first kappa shape index (κ1) is 21.2. The van der Waals surface area contributed by atoms with Gasteiger partial charge in [0, 0.05) is 42.4 Å². The Hall–Kier alpha value is -1.48. The number of aromatic nitrogens is 1. The zero-order valence-electron chi connectivity index (χ0n) is 17.0. The van der Waals surface area contributed by atoms with Crippen molar-refractivity contribution in [3.63, 3.8) is 0 Å². The second kappa shape index (κ2) is 10.9. The van der Waals surface area contributed by atoms with Crippen molar-refractivity contribution < 1.29 is 4.74 Å². The maximum atomic E-state index is 5.53. The monoisotopic (exact) mass is 421 g/mol. The Morgan fingerprint density at radius 2 is 2.14 bits per heavy atom. The van der Waals surface area contributed by atoms with E-state index in [-0.39, 0.29) is 0 Å². The normalized spacial score (nSPS) is 16.9. The number of nitrogens with one attached hydrogen (secondary N) is 2. The predicted molar refractivity (Wildman–Crippen MR) is 119 cm³/mol. The largest absolute Gasteiger partial charge is 0.379 e. The fourth-order valence-corrected chi connectivity index (χ4v) is 4.99. The van der Waals surface area contributed by atoms with Gasteiger partial charge in [0.2, 0.25) is 0 Å². The molecule has 1 aliphatic rings. The molecule has 2 aromatic rings. The molecule has 1 aliphatic heterocycles. The number of thiazole rings is 1. The standard InChI is InChI=1S/C20H31N5OS2/c1-4-21-20(22-8-7-19-24-15(2)16(3)28-19)23-14-17(18-6-5-13-27-18)25-9-11-26-12-10-25/h5-6,13,17H,4,7-12,14H2,1-3H3,(H2,21,22,23). The van der Waals surface area contributed by atoms with Crippen LogP contribution in [0.3, 0.4) is 0 Å². The Morgan fingerprint density at radius 1 is 1.32 bits per heavy atom. The van der Waals surface area contributed by atoms with Crippen LogP contribution in [0.1, 0.15) is 33.4 Å². The molecule has 0 saturated carbocycles. The van der Waals surface area contributed by atoms with Gasteiger partial charge in [-0.05, 0) is 32.2 Å². The fraction of sp³-hybridized carbons (Fsp3) is 0.600. The second-order valence-electron chi connectivity index (χ2n) is 6.83. The van der Waals surface area contributed by atoms with Gasteiger partial charge in [0.15, 0.2) is 5.96 Å². The minimum absolute atomic E-state index is 0.309. The van der Waals surface area contributed by atoms with Crippen molar-refractivity contribution >= 4 is 28.6 Å². The minimum atomic E-state index is 0.309. The number of nitrogens with zero attached hydrogens (tertiary/aromatic N) is 3. The van der Waals surface area contributed by atoms with Crippen LogP contribution in [-0.4, -0.2) is 61.8 Å². The molecule has 0 radical (unpaired) electrons. The van der Waals surface area contributed by atoms with Crippen molar-refractivity contribution in [2.45, 2.75) is 33.2 Å². The van der Waals surface area contributed by atoms with Crippen molar-refractivity contribution in [2.24, 2.45) is 4.99 Å². The van der Waals surface area contributed by atoms with Gasteiger partial charge in [0.05, 0.1) is 36.5 Å². The second-order valence-corrected chi connectivity index (χ2v) is 9.09. The van der Waals surface area contributed by atoms with Crippen molar-refractivity contribution in [2.75, 3.05) is 45.9 Å². The molecular weight excluding hydrogens is 390 g/mol. The number of guanidine groups is 1. The molecule has 3 rings (SSSR count). The Bertz CT molecular complexity index is 718. The molecule has 28 heavy (non-hydrogen) atoms. The van der Waals surface area contributed by atoms with Gasteiger partial charge in [0.1, 0.15) is 0 Å². The molecule has 0 bridgehead atoms. The average molecular weight is 422 g/mol. The number of aryl methyl sites for hydroxylation is 2. The highest BCUT2D eigenvalue weighted by atomic mass is 32.1. The molecule has 1 unspecified atom stereocenters. The summed E-state index contributed by atoms with van der Waals surface area (Å²) in [4.78, 5) is 14.7. The smallest absolute Gasteiger partial charge is 0.191 e. The van der Waals surface area contributed by atoms with Gasteiger partial charge in [-0.25, -0.2) is 4.98 Å². The van der Waals surface area contributed by atoms with Crippen LogP contribution in [-0.2, 0) is 11.2 Å². The molecule has 2 N–H and O–H groups in total. The molecule has 2 aromatic heterocycles. The van der Waals surface area contributed by atoms with Gasteiger partial charge < -0.3 is 15.4 Å². The van der Waals surface area contributed by atoms with Crippen LogP contribution < -0.4 is 10.6 Å². The van der Waals surface area contributed by atoms with Crippen LogP contribution in [0.2, 0.25) is 0 Å². The Morgan fingerprint density at radius 3 is 2.79 bits per heavy atom. The van der Waals surface area contributed by atoms with Crippen LogP contribution in [0.5, 0.6) is 0 Å². The molecular formula is C20H31N5OS2. The van der Waals surface area contributed by atoms with Crippen molar-refractivity contribution in [1.29, 1.82) is 0 Å². The SMILES string of the molecule is CCNC(=NCC(c1cccs1)N1CCOCC1)NCCc1nc(C)c(C)s1. The van der Waals surface area contributed by atoms with Gasteiger partial charge in [-0.1, -0.05) is 6.07 Å². The highest BCUT2D eigenvalue weighted by Crippen LogP contribution is 2.26. The lowest BCUT2D eigenvalue weighted by atomic mass is 10.2. The van der Waals surface area contributed by atoms with Crippen molar-refractivity contribution in [3.05, 3.63) is 38.0 Å². The summed E-state index contributed by atoms with van der Waals surface area (Å²) in [5.74, 6) is 0.877. The van der Waals surface area contributed by atoms with Crippen LogP contribution in [0.25, 0.3) is 0 Å². The minimum Gasteiger partial charge on any atom is -0.379 e. The first-order valence-corrected chi connectivity index (χ1v) is 11.7. The quantitative estimate of drug-likeness (QED) is 0.507. The molecule has 3 heterocycles. The third kappa shape index (κ3) is 6.01. The number of hydrogen-bond donors (Lipinski definition) is 2. The average Bonchev–Trinajstić information content (AvgIpc) is 3.33. The first-order valence-electron chi connectivity index (χ1n) is 9.97. The summed E-state index contributed by atoms with van der Waals surface area (Å²) in [7, 11) is 0. The van der Waals surface area contributed by atoms with Gasteiger partial charge in [-0.2, -0.15) is 0 Å². The molecule has 0 amide bonds. The Labute approximate surface area is 176 Å². The number of thiophene rings is 1. The maximum Gasteiger partial charge on any atom is 0.191 e. The third-order valence-electron chi connectivity index (χ3n) is 4.83. The van der Waals surface area contributed by atoms with Gasteiger partial charge in [-0.15, -0.1) is 22.7 Å². The van der Waals surface area contributed by atoms with Crippen LogP contribution in [0.4, 0.5) is 0 Å². The number of aliphatic imine (C=N–C) groups is 1. The zero-order chi connectivity index (χ0) is 19.8. The van der Waals surface area contributed by atoms with E-state index in [9.17, 15) is 0 Å². The molecule has 154 valence electrons. The fourth-order valence-electron chi connectivity index (χ4n) is 3.21. The van der Waals surface area contributed by atoms with E-state index in [1.165, 1.54) is 14.8 Å². The van der Waals surface area contributed by atoms with Crippen LogP contribution >= 0.6 is 22.7 Å². The Balaban J connectivity index is 1.60. The number of rotatable bonds is 8. The van der Waals surface area contributed by atoms with E-state index in [0.717, 1.165) is 64.0 Å². The van der Waals surface area contributed by atoms with E-state index in [0.29, 0.717) is 6.04 Å². The lowest BCUT2D eigenvalue weighted by Crippen LogP contribution is -2.42. The summed E-state index contributed by atoms with van der Waals surface area (Å²) in [6.45, 7) is 12.3. The highest BCUT2D eigenvalue weighted by molar-refractivity contribution is 7.11. The summed E-state index contributed by atoms with van der Waals surface area (Å²) >= 11 is 3.60. The van der Waals surface area contributed by atoms with Gasteiger partial charge in [-0.3, -0.25) is 9.89 Å². The van der Waals surface area contributed by atoms with E-state index < -0.39 is 0 Å². The molecule has 0 aromatic carbocycles. The van der Waals surface area contributed by atoms with Crippen molar-refractivity contribution in [3.8, 4) is 0 Å². The number of morpholine rings is 1. The van der Waals surface area contributed by atoms with E-state index in [1.807, 2.05) is 11.3 Å². The maximum absolute atomic E-state index is 5.53. The van der Waals surface area contributed by atoms with E-state index in [4.69, 9.17) is 9.73 Å². The summed E-state index contributed by atoms with van der Waals surface area (Å²) in [6.07, 6.45) is 0.918. The molecule has 1 fully saturated rings. The summed E-state index contributed by atoms with van der Waals surface area (Å²) in [5, 5.41) is 10.2. The predicted octanol–water partition coefficient (Wildman–Crippen LogP) is 2.99. The topological polar surface area (TPSA) is 61.8 Å². The summed E-state index contributed by atoms with van der Waals surface area (Å²) in [6, 6.07) is 4.65. The van der Waals surface area contributed by atoms with E-state index in [2.05, 4.69) is 58.8 Å². The number of ether oxygens (including phenoxy) is 1. The lowest BCUT2D eigenvalue weighted by molar-refractivity contribution is 0.0186. The number of hydrogen-bond acceptors (Lipinski definition) is 6. The molecule has 0 aliphatic carbocycles. The molecule has 6 nitrogen and oxygen atoms in total. The van der Waals surface area contributed by atoms with Gasteiger partial charge >= 0.3 is 0 Å². The molecule has 1 atom stereocenters. The Kier molecular flexibility index (Phi) is 8.27. The molecule has 1 saturated heterocycles. The highest BCUT2D eigenvalue weighted by Gasteiger charge is 2.23. The van der Waals surface area contributed by atoms with Gasteiger partial charge in [0.25, 0.3) is 0 Å². The summed E-state index contributed by atoms with van der Waals surface area (Å²) < 4.78 is 5.53. The lowest BCUT2D eigenvalue weighted by Gasteiger charge is -2.33. The molecule has 8 heteroatoms. The van der Waals surface area contributed by atoms with E-state index in [1.54, 1.807) is 11.3 Å². The van der Waals surface area contributed by atoms with Crippen LogP contribution in [0, 0.1) is 13.8 Å². The third-order valence-corrected chi connectivity index (χ3v) is 6.93. The zero-order valence-corrected chi connectivity index (χ0v) is 18.7. The van der Waals surface area contributed by atoms with Crippen molar-refractivity contribution in [1.82, 2.24) is 20.5 Å².